The van der Waals surface area contributed by atoms with Gasteiger partial charge in [0.1, 0.15) is 18.4 Å². The van der Waals surface area contributed by atoms with E-state index in [9.17, 15) is 19.6 Å². The number of nitriles is 1. The van der Waals surface area contributed by atoms with E-state index in [2.05, 4.69) is 69.0 Å². The fraction of sp³-hybridized carbons (Fsp3) is 0.350. The number of ether oxygens (including phenoxy) is 1. The third kappa shape index (κ3) is 6.80. The maximum atomic E-state index is 13.7. The number of amides is 2. The zero-order valence-corrected chi connectivity index (χ0v) is 27.8. The highest BCUT2D eigenvalue weighted by atomic mass is 16.5. The molecule has 0 aromatic heterocycles. The molecule has 4 aromatic carbocycles. The molecule has 0 spiro atoms. The van der Waals surface area contributed by atoms with E-state index < -0.39 is 11.8 Å². The summed E-state index contributed by atoms with van der Waals surface area (Å²) in [6, 6.07) is 27.1. The van der Waals surface area contributed by atoms with Crippen LogP contribution in [0.25, 0.3) is 10.8 Å². The van der Waals surface area contributed by atoms with E-state index in [1.54, 1.807) is 0 Å². The Hall–Kier alpha value is -5.04. The lowest BCUT2D eigenvalue weighted by atomic mass is 9.72. The van der Waals surface area contributed by atoms with Crippen molar-refractivity contribution in [2.45, 2.75) is 32.2 Å². The molecule has 9 nitrogen and oxygen atoms in total. The van der Waals surface area contributed by atoms with Crippen molar-refractivity contribution in [1.82, 2.24) is 15.5 Å². The van der Waals surface area contributed by atoms with Crippen LogP contribution in [0.3, 0.4) is 0 Å². The average molecular weight is 656 g/mol. The number of rotatable bonds is 10. The predicted octanol–water partition coefficient (Wildman–Crippen LogP) is 4.63. The summed E-state index contributed by atoms with van der Waals surface area (Å²) >= 11 is 0. The normalized spacial score (nSPS) is 19.5. The lowest BCUT2D eigenvalue weighted by Crippen LogP contribution is -2.46. The highest BCUT2D eigenvalue weighted by molar-refractivity contribution is 6.14. The molecule has 0 bridgehead atoms. The molecule has 7 rings (SSSR count). The molecule has 1 unspecified atom stereocenters. The van der Waals surface area contributed by atoms with Gasteiger partial charge in [-0.15, -0.1) is 0 Å². The number of hydrogen-bond donors (Lipinski definition) is 2. The minimum absolute atomic E-state index is 0.00535. The van der Waals surface area contributed by atoms with Crippen molar-refractivity contribution in [1.29, 1.82) is 5.26 Å². The zero-order chi connectivity index (χ0) is 33.9. The van der Waals surface area contributed by atoms with Crippen LogP contribution < -0.4 is 20.3 Å². The lowest BCUT2D eigenvalue weighted by Gasteiger charge is -2.36. The smallest absolute Gasteiger partial charge is 0.230 e. The van der Waals surface area contributed by atoms with Gasteiger partial charge in [-0.1, -0.05) is 54.6 Å². The highest BCUT2D eigenvalue weighted by Crippen LogP contribution is 2.39. The molecule has 2 fully saturated rings. The van der Waals surface area contributed by atoms with Gasteiger partial charge in [0.05, 0.1) is 5.56 Å². The first-order valence-electron chi connectivity index (χ1n) is 17.2. The van der Waals surface area contributed by atoms with Gasteiger partial charge in [0.25, 0.3) is 0 Å². The van der Waals surface area contributed by atoms with Crippen LogP contribution in [0, 0.1) is 23.2 Å². The largest absolute Gasteiger partial charge is 0.491 e. The molecule has 2 amide bonds. The number of Topliss-reactive ketones (excluding diaryl/α,β-unsaturated/α-hetero) is 1. The summed E-state index contributed by atoms with van der Waals surface area (Å²) < 4.78 is 5.86. The molecule has 2 atom stereocenters. The molecule has 0 radical (unpaired) electrons. The summed E-state index contributed by atoms with van der Waals surface area (Å²) in [6.45, 7) is 5.82. The standard InChI is InChI=1S/C40H41N5O4/c1-42-15-20-49-36-23-31(12-11-30(36)24-41)45-18-16-44(17-19-45)25-27-7-5-26(6-8-27)21-28-9-10-29-22-35(33-13-14-37(46)43-40(33)48)39(47)34-4-2-3-32(28)38(29)34/h2-12,23,33,35,42H,13-22,25H2,1H3,(H,43,46,48)/t33-,35?/m1/s1. The van der Waals surface area contributed by atoms with E-state index in [0.29, 0.717) is 36.3 Å². The van der Waals surface area contributed by atoms with Crippen molar-refractivity contribution in [3.8, 4) is 11.8 Å². The second kappa shape index (κ2) is 14.2. The molecule has 1 aliphatic carbocycles. The van der Waals surface area contributed by atoms with Crippen molar-refractivity contribution < 1.29 is 19.1 Å². The molecule has 2 saturated heterocycles. The van der Waals surface area contributed by atoms with Crippen LogP contribution in [0.15, 0.2) is 72.8 Å². The first kappa shape index (κ1) is 32.5. The summed E-state index contributed by atoms with van der Waals surface area (Å²) in [6.07, 6.45) is 1.97. The Balaban J connectivity index is 0.980. The average Bonchev–Trinajstić information content (AvgIpc) is 3.12. The highest BCUT2D eigenvalue weighted by Gasteiger charge is 2.40. The summed E-state index contributed by atoms with van der Waals surface area (Å²) in [5, 5.41) is 17.1. The Morgan fingerprint density at radius 1 is 0.939 bits per heavy atom. The van der Waals surface area contributed by atoms with Crippen LogP contribution in [-0.2, 0) is 29.0 Å². The maximum absolute atomic E-state index is 13.7. The number of nitrogens with zero attached hydrogens (tertiary/aromatic N) is 3. The molecule has 9 heteroatoms. The van der Waals surface area contributed by atoms with E-state index in [0.717, 1.165) is 67.7 Å². The third-order valence-corrected chi connectivity index (χ3v) is 10.3. The van der Waals surface area contributed by atoms with Gasteiger partial charge in [-0.25, -0.2) is 0 Å². The Labute approximate surface area is 286 Å². The second-order valence-electron chi connectivity index (χ2n) is 13.3. The number of carbonyl (C=O) groups is 3. The van der Waals surface area contributed by atoms with Crippen LogP contribution >= 0.6 is 0 Å². The van der Waals surface area contributed by atoms with Crippen molar-refractivity contribution >= 4 is 34.1 Å². The van der Waals surface area contributed by atoms with E-state index in [1.807, 2.05) is 37.4 Å². The number of nitrogens with one attached hydrogen (secondary N) is 2. The molecule has 250 valence electrons. The van der Waals surface area contributed by atoms with Crippen LogP contribution in [0.2, 0.25) is 0 Å². The molecule has 3 aliphatic rings. The predicted molar refractivity (Wildman–Crippen MR) is 189 cm³/mol. The molecule has 49 heavy (non-hydrogen) atoms. The minimum Gasteiger partial charge on any atom is -0.491 e. The Morgan fingerprint density at radius 2 is 1.73 bits per heavy atom. The first-order chi connectivity index (χ1) is 23.9. The topological polar surface area (TPSA) is 115 Å². The molecule has 0 saturated carbocycles. The van der Waals surface area contributed by atoms with E-state index in [1.165, 1.54) is 16.7 Å². The Bertz CT molecular complexity index is 1940. The van der Waals surface area contributed by atoms with Crippen LogP contribution in [0.1, 0.15) is 51.0 Å². The summed E-state index contributed by atoms with van der Waals surface area (Å²) in [4.78, 5) is 42.8. The minimum atomic E-state index is -0.472. The molecule has 2 N–H and O–H groups in total. The summed E-state index contributed by atoms with van der Waals surface area (Å²) in [7, 11) is 1.88. The number of piperidine rings is 1. The van der Waals surface area contributed by atoms with Gasteiger partial charge in [-0.3, -0.25) is 24.6 Å². The van der Waals surface area contributed by atoms with Gasteiger partial charge in [-0.2, -0.15) is 5.26 Å². The molecular weight excluding hydrogens is 614 g/mol. The van der Waals surface area contributed by atoms with Gasteiger partial charge >= 0.3 is 0 Å². The Kier molecular flexibility index (Phi) is 9.43. The number of anilines is 1. The number of ketones is 1. The van der Waals surface area contributed by atoms with Crippen LogP contribution in [0.4, 0.5) is 5.69 Å². The number of piperazine rings is 1. The number of carbonyl (C=O) groups excluding carboxylic acids is 3. The van der Waals surface area contributed by atoms with Crippen molar-refractivity contribution in [3.63, 3.8) is 0 Å². The third-order valence-electron chi connectivity index (χ3n) is 10.3. The lowest BCUT2D eigenvalue weighted by molar-refractivity contribution is -0.137. The summed E-state index contributed by atoms with van der Waals surface area (Å²) in [5.41, 5.74) is 7.08. The zero-order valence-electron chi connectivity index (χ0n) is 27.8. The van der Waals surface area contributed by atoms with E-state index in [4.69, 9.17) is 4.74 Å². The molecule has 4 aromatic rings. The van der Waals surface area contributed by atoms with Gasteiger partial charge in [0.2, 0.25) is 11.8 Å². The molecule has 2 heterocycles. The SMILES string of the molecule is CNCCOc1cc(N2CCN(Cc3ccc(Cc4ccc5c6c(cccc46)C(=O)C([C@H]4CCC(=O)NC4=O)C5)cc3)CC2)ccc1C#N. The van der Waals surface area contributed by atoms with Crippen molar-refractivity contribution in [2.24, 2.45) is 11.8 Å². The van der Waals surface area contributed by atoms with Crippen LogP contribution in [0.5, 0.6) is 5.75 Å². The number of imide groups is 1. The fourth-order valence-corrected chi connectivity index (χ4v) is 7.61. The monoisotopic (exact) mass is 655 g/mol. The first-order valence-corrected chi connectivity index (χ1v) is 17.2. The number of likely N-dealkylation sites (N-methyl/N-ethyl adjacent to an activating group) is 1. The maximum Gasteiger partial charge on any atom is 0.230 e. The van der Waals surface area contributed by atoms with Crippen molar-refractivity contribution in [3.05, 3.63) is 106 Å². The number of hydrogen-bond acceptors (Lipinski definition) is 8. The van der Waals surface area contributed by atoms with Gasteiger partial charge in [0, 0.05) is 74.8 Å². The fourth-order valence-electron chi connectivity index (χ4n) is 7.61. The second-order valence-corrected chi connectivity index (χ2v) is 13.3. The number of benzene rings is 4. The van der Waals surface area contributed by atoms with Gasteiger partial charge in [-0.05, 0) is 71.5 Å². The summed E-state index contributed by atoms with van der Waals surface area (Å²) in [5.74, 6) is -0.854. The van der Waals surface area contributed by atoms with Crippen molar-refractivity contribution in [2.75, 3.05) is 51.3 Å². The molecular formula is C40H41N5O4. The Morgan fingerprint density at radius 3 is 2.49 bits per heavy atom. The molecule has 2 aliphatic heterocycles. The van der Waals surface area contributed by atoms with Gasteiger partial charge < -0.3 is 15.0 Å². The van der Waals surface area contributed by atoms with Gasteiger partial charge in [0.15, 0.2) is 5.78 Å². The van der Waals surface area contributed by atoms with E-state index >= 15 is 0 Å². The van der Waals surface area contributed by atoms with Crippen LogP contribution in [-0.4, -0.2) is 68.9 Å². The quantitative estimate of drug-likeness (QED) is 0.188. The van der Waals surface area contributed by atoms with E-state index in [-0.39, 0.29) is 24.0 Å².